The summed E-state index contributed by atoms with van der Waals surface area (Å²) >= 11 is 0. The Kier molecular flexibility index (Phi) is 5.10. The number of carbonyl (C=O) groups excluding carboxylic acids is 2. The minimum absolute atomic E-state index is 0.718. The van der Waals surface area contributed by atoms with E-state index < -0.39 is 8.07 Å². The highest BCUT2D eigenvalue weighted by atomic mass is 28.3. The molecule has 2 nitrogen and oxygen atoms in total. The van der Waals surface area contributed by atoms with Gasteiger partial charge in [-0.15, -0.1) is 0 Å². The molecular weight excluding hydrogens is 312 g/mol. The molecule has 0 unspecified atom stereocenters. The molecule has 1 fully saturated rings. The van der Waals surface area contributed by atoms with Gasteiger partial charge < -0.3 is 0 Å². The fraction of sp³-hybridized carbons (Fsp3) is 0.333. The summed E-state index contributed by atoms with van der Waals surface area (Å²) in [6, 6.07) is 16.4. The van der Waals surface area contributed by atoms with Gasteiger partial charge in [-0.1, -0.05) is 97.6 Å². The first-order valence-electron chi connectivity index (χ1n) is 8.80. The van der Waals surface area contributed by atoms with Crippen molar-refractivity contribution in [2.75, 3.05) is 0 Å². The molecule has 24 heavy (non-hydrogen) atoms. The van der Waals surface area contributed by atoms with E-state index in [1.807, 2.05) is 24.3 Å². The summed E-state index contributed by atoms with van der Waals surface area (Å²) in [6.45, 7) is 2.45. The minimum atomic E-state index is -1.90. The molecule has 0 radical (unpaired) electrons. The molecule has 0 aromatic heterocycles. The van der Waals surface area contributed by atoms with Gasteiger partial charge in [-0.3, -0.25) is 9.59 Å². The van der Waals surface area contributed by atoms with Crippen LogP contribution in [0.5, 0.6) is 0 Å². The number of aldehydes is 2. The number of hydrogen-bond acceptors (Lipinski definition) is 2. The third-order valence-corrected chi connectivity index (χ3v) is 11.0. The van der Waals surface area contributed by atoms with Crippen LogP contribution in [0.15, 0.2) is 48.5 Å². The van der Waals surface area contributed by atoms with Crippen molar-refractivity contribution < 1.29 is 9.59 Å². The minimum Gasteiger partial charge on any atom is -0.298 e. The Hall–Kier alpha value is -2.00. The second-order valence-electron chi connectivity index (χ2n) is 7.02. The Morgan fingerprint density at radius 3 is 1.54 bits per heavy atom. The normalized spacial score (nSPS) is 15.9. The number of hydrogen-bond donors (Lipinski definition) is 0. The van der Waals surface area contributed by atoms with Crippen LogP contribution in [0.3, 0.4) is 0 Å². The van der Waals surface area contributed by atoms with Crippen molar-refractivity contribution in [1.29, 1.82) is 0 Å². The summed E-state index contributed by atoms with van der Waals surface area (Å²) in [5.41, 5.74) is 2.18. The van der Waals surface area contributed by atoms with Crippen LogP contribution in [0.4, 0.5) is 0 Å². The first-order valence-corrected chi connectivity index (χ1v) is 11.4. The standard InChI is InChI=1S/C21H24O2Si/c1-24(19-5-3-2-4-6-19,20-11-7-17(15-22)8-12-20)21-13-9-18(16-23)10-14-21/h7-16,19H,2-6H2,1H3. The average molecular weight is 337 g/mol. The van der Waals surface area contributed by atoms with Crippen LogP contribution in [0, 0.1) is 0 Å². The second kappa shape index (κ2) is 7.26. The van der Waals surface area contributed by atoms with Gasteiger partial charge in [0, 0.05) is 11.1 Å². The number of benzene rings is 2. The molecule has 0 saturated heterocycles. The van der Waals surface area contributed by atoms with Gasteiger partial charge in [-0.25, -0.2) is 0 Å². The summed E-state index contributed by atoms with van der Waals surface area (Å²) in [5, 5.41) is 2.78. The van der Waals surface area contributed by atoms with Gasteiger partial charge in [-0.05, 0) is 5.54 Å². The zero-order valence-electron chi connectivity index (χ0n) is 14.2. The molecule has 1 aliphatic carbocycles. The third-order valence-electron chi connectivity index (χ3n) is 5.71. The van der Waals surface area contributed by atoms with Crippen molar-refractivity contribution in [2.45, 2.75) is 44.2 Å². The van der Waals surface area contributed by atoms with Crippen molar-refractivity contribution in [3.05, 3.63) is 59.7 Å². The molecule has 3 heteroatoms. The SMILES string of the molecule is C[Si](c1ccc(C=O)cc1)(c1ccc(C=O)cc1)C1CCCCC1. The maximum absolute atomic E-state index is 11.0. The Labute approximate surface area is 144 Å². The van der Waals surface area contributed by atoms with Crippen molar-refractivity contribution in [3.8, 4) is 0 Å². The molecule has 0 amide bonds. The van der Waals surface area contributed by atoms with Crippen LogP contribution < -0.4 is 10.4 Å². The van der Waals surface area contributed by atoms with Crippen LogP contribution >= 0.6 is 0 Å². The highest BCUT2D eigenvalue weighted by Gasteiger charge is 2.40. The largest absolute Gasteiger partial charge is 0.298 e. The van der Waals surface area contributed by atoms with Crippen LogP contribution in [0.25, 0.3) is 0 Å². The third kappa shape index (κ3) is 3.13. The molecule has 0 spiro atoms. The lowest BCUT2D eigenvalue weighted by atomic mass is 10.0. The monoisotopic (exact) mass is 336 g/mol. The molecular formula is C21H24O2Si. The fourth-order valence-electron chi connectivity index (χ4n) is 4.13. The van der Waals surface area contributed by atoms with Crippen LogP contribution in [-0.2, 0) is 0 Å². The lowest BCUT2D eigenvalue weighted by molar-refractivity contribution is 0.111. The number of carbonyl (C=O) groups is 2. The smallest absolute Gasteiger partial charge is 0.150 e. The highest BCUT2D eigenvalue weighted by molar-refractivity contribution is 7.02. The van der Waals surface area contributed by atoms with E-state index in [4.69, 9.17) is 0 Å². The van der Waals surface area contributed by atoms with E-state index in [9.17, 15) is 9.59 Å². The first kappa shape index (κ1) is 16.8. The quantitative estimate of drug-likeness (QED) is 0.614. The molecule has 3 rings (SSSR count). The van der Waals surface area contributed by atoms with Gasteiger partial charge in [0.15, 0.2) is 0 Å². The molecule has 1 saturated carbocycles. The summed E-state index contributed by atoms with van der Waals surface area (Å²) in [7, 11) is -1.90. The Morgan fingerprint density at radius 2 is 1.17 bits per heavy atom. The summed E-state index contributed by atoms with van der Waals surface area (Å²) in [4.78, 5) is 22.0. The highest BCUT2D eigenvalue weighted by Crippen LogP contribution is 2.36. The molecule has 0 bridgehead atoms. The van der Waals surface area contributed by atoms with Gasteiger partial charge in [0.05, 0.1) is 0 Å². The van der Waals surface area contributed by atoms with Gasteiger partial charge >= 0.3 is 0 Å². The van der Waals surface area contributed by atoms with Crippen LogP contribution in [-0.4, -0.2) is 20.6 Å². The summed E-state index contributed by atoms with van der Waals surface area (Å²) < 4.78 is 0. The van der Waals surface area contributed by atoms with Gasteiger partial charge in [0.2, 0.25) is 0 Å². The predicted octanol–water partition coefficient (Wildman–Crippen LogP) is 3.84. The summed E-state index contributed by atoms with van der Waals surface area (Å²) in [6.07, 6.45) is 8.35. The lowest BCUT2D eigenvalue weighted by Gasteiger charge is -2.39. The Morgan fingerprint density at radius 1 is 0.750 bits per heavy atom. The molecule has 1 aliphatic rings. The lowest BCUT2D eigenvalue weighted by Crippen LogP contribution is -2.59. The van der Waals surface area contributed by atoms with E-state index >= 15 is 0 Å². The molecule has 124 valence electrons. The number of rotatable bonds is 5. The molecule has 2 aromatic rings. The molecule has 2 aromatic carbocycles. The maximum atomic E-state index is 11.0. The zero-order valence-corrected chi connectivity index (χ0v) is 15.2. The van der Waals surface area contributed by atoms with Crippen molar-refractivity contribution in [3.63, 3.8) is 0 Å². The average Bonchev–Trinajstić information content (AvgIpc) is 2.68. The first-order chi connectivity index (χ1) is 11.7. The maximum Gasteiger partial charge on any atom is 0.150 e. The predicted molar refractivity (Wildman–Crippen MR) is 101 cm³/mol. The van der Waals surface area contributed by atoms with Crippen molar-refractivity contribution in [1.82, 2.24) is 0 Å². The summed E-state index contributed by atoms with van der Waals surface area (Å²) in [5.74, 6) is 0. The van der Waals surface area contributed by atoms with E-state index in [2.05, 4.69) is 30.8 Å². The van der Waals surface area contributed by atoms with E-state index in [-0.39, 0.29) is 0 Å². The Bertz CT molecular complexity index is 646. The molecule has 0 heterocycles. The molecule has 0 aliphatic heterocycles. The van der Waals surface area contributed by atoms with E-state index in [1.54, 1.807) is 0 Å². The van der Waals surface area contributed by atoms with Crippen LogP contribution in [0.2, 0.25) is 12.1 Å². The van der Waals surface area contributed by atoms with Gasteiger partial charge in [0.1, 0.15) is 20.6 Å². The topological polar surface area (TPSA) is 34.1 Å². The van der Waals surface area contributed by atoms with E-state index in [0.29, 0.717) is 0 Å². The van der Waals surface area contributed by atoms with Crippen molar-refractivity contribution >= 4 is 31.0 Å². The van der Waals surface area contributed by atoms with Gasteiger partial charge in [-0.2, -0.15) is 0 Å². The van der Waals surface area contributed by atoms with Crippen molar-refractivity contribution in [2.24, 2.45) is 0 Å². The Balaban J connectivity index is 2.07. The second-order valence-corrected chi connectivity index (χ2v) is 11.4. The fourth-order valence-corrected chi connectivity index (χ4v) is 8.69. The molecule has 0 atom stereocenters. The van der Waals surface area contributed by atoms with Gasteiger partial charge in [0.25, 0.3) is 0 Å². The molecule has 0 N–H and O–H groups in total. The van der Waals surface area contributed by atoms with Crippen LogP contribution in [0.1, 0.15) is 52.8 Å². The van der Waals surface area contributed by atoms with E-state index in [0.717, 1.165) is 29.2 Å². The van der Waals surface area contributed by atoms with E-state index in [1.165, 1.54) is 42.5 Å². The zero-order chi connectivity index (χ0) is 17.0.